The van der Waals surface area contributed by atoms with E-state index in [-0.39, 0.29) is 0 Å². The Balaban J connectivity index is 1.61. The molecule has 0 aliphatic heterocycles. The molecule has 1 aliphatic rings. The Morgan fingerprint density at radius 3 is 2.08 bits per heavy atom. The van der Waals surface area contributed by atoms with Gasteiger partial charge in [-0.3, -0.25) is 0 Å². The van der Waals surface area contributed by atoms with Crippen molar-refractivity contribution in [3.05, 3.63) is 66.5 Å². The molecule has 2 aromatic carbocycles. The summed E-state index contributed by atoms with van der Waals surface area (Å²) in [7, 11) is 0. The molecule has 0 saturated heterocycles. The quantitative estimate of drug-likeness (QED) is 0.556. The van der Waals surface area contributed by atoms with E-state index in [1.807, 2.05) is 19.1 Å². The summed E-state index contributed by atoms with van der Waals surface area (Å²) < 4.78 is 17.6. The Morgan fingerprint density at radius 2 is 1.52 bits per heavy atom. The first-order valence-electron chi connectivity index (χ1n) is 9.38. The predicted molar refractivity (Wildman–Crippen MR) is 103 cm³/mol. The minimum Gasteiger partial charge on any atom is -0.494 e. The van der Waals surface area contributed by atoms with Crippen LogP contribution in [0.5, 0.6) is 5.75 Å². The van der Waals surface area contributed by atoms with E-state index in [9.17, 15) is 4.39 Å². The van der Waals surface area contributed by atoms with Crippen molar-refractivity contribution in [2.75, 3.05) is 6.61 Å². The molecule has 0 radical (unpaired) electrons. The Labute approximate surface area is 150 Å². The SMILES string of the molecule is CCOc1ccc(-c2ccc(C3CCC(CC=CF)CC3)cc2)cc1. The van der Waals surface area contributed by atoms with Gasteiger partial charge in [0, 0.05) is 0 Å². The molecule has 2 aromatic rings. The molecule has 1 aliphatic carbocycles. The van der Waals surface area contributed by atoms with E-state index in [0.717, 1.165) is 12.2 Å². The van der Waals surface area contributed by atoms with Crippen LogP contribution < -0.4 is 4.74 Å². The number of ether oxygens (including phenoxy) is 1. The zero-order chi connectivity index (χ0) is 17.5. The minimum atomic E-state index is 0.653. The topological polar surface area (TPSA) is 9.23 Å². The number of allylic oxidation sites excluding steroid dienone is 1. The zero-order valence-corrected chi connectivity index (χ0v) is 15.0. The molecule has 0 amide bonds. The van der Waals surface area contributed by atoms with Crippen molar-refractivity contribution >= 4 is 0 Å². The molecule has 1 nitrogen and oxygen atoms in total. The molecule has 0 N–H and O–H groups in total. The van der Waals surface area contributed by atoms with Crippen molar-refractivity contribution in [3.8, 4) is 16.9 Å². The van der Waals surface area contributed by atoms with Crippen LogP contribution in [0.2, 0.25) is 0 Å². The summed E-state index contributed by atoms with van der Waals surface area (Å²) in [6, 6.07) is 17.3. The van der Waals surface area contributed by atoms with Crippen LogP contribution >= 0.6 is 0 Å². The summed E-state index contributed by atoms with van der Waals surface area (Å²) in [5.74, 6) is 2.23. The molecule has 0 unspecified atom stereocenters. The van der Waals surface area contributed by atoms with Gasteiger partial charge in [-0.15, -0.1) is 0 Å². The molecule has 1 fully saturated rings. The van der Waals surface area contributed by atoms with Gasteiger partial charge >= 0.3 is 0 Å². The second-order valence-electron chi connectivity index (χ2n) is 6.89. The van der Waals surface area contributed by atoms with Gasteiger partial charge in [0.25, 0.3) is 0 Å². The van der Waals surface area contributed by atoms with Gasteiger partial charge in [-0.2, -0.15) is 0 Å². The molecule has 0 atom stereocenters. The van der Waals surface area contributed by atoms with Crippen LogP contribution in [0.4, 0.5) is 4.39 Å². The molecular formula is C23H27FO. The molecule has 25 heavy (non-hydrogen) atoms. The lowest BCUT2D eigenvalue weighted by molar-refractivity contribution is 0.327. The lowest BCUT2D eigenvalue weighted by Crippen LogP contribution is -2.12. The highest BCUT2D eigenvalue weighted by atomic mass is 19.1. The van der Waals surface area contributed by atoms with Crippen LogP contribution in [0, 0.1) is 5.92 Å². The number of hydrogen-bond acceptors (Lipinski definition) is 1. The van der Waals surface area contributed by atoms with Gasteiger partial charge in [-0.05, 0) is 79.7 Å². The fourth-order valence-electron chi connectivity index (χ4n) is 3.83. The minimum absolute atomic E-state index is 0.653. The maximum atomic E-state index is 12.1. The molecule has 0 aromatic heterocycles. The first kappa shape index (κ1) is 17.7. The normalized spacial score (nSPS) is 20.7. The van der Waals surface area contributed by atoms with Gasteiger partial charge in [0.15, 0.2) is 0 Å². The fourth-order valence-corrected chi connectivity index (χ4v) is 3.83. The Kier molecular flexibility index (Phi) is 6.27. The number of halogens is 1. The Hall–Kier alpha value is -2.09. The van der Waals surface area contributed by atoms with Crippen molar-refractivity contribution in [1.82, 2.24) is 0 Å². The van der Waals surface area contributed by atoms with E-state index in [2.05, 4.69) is 36.4 Å². The molecule has 0 bridgehead atoms. The number of hydrogen-bond donors (Lipinski definition) is 0. The maximum absolute atomic E-state index is 12.1. The lowest BCUT2D eigenvalue weighted by Gasteiger charge is -2.28. The first-order valence-corrected chi connectivity index (χ1v) is 9.38. The average Bonchev–Trinajstić information content (AvgIpc) is 2.68. The first-order chi connectivity index (χ1) is 12.3. The molecule has 0 heterocycles. The van der Waals surface area contributed by atoms with Gasteiger partial charge in [0.05, 0.1) is 12.9 Å². The van der Waals surface area contributed by atoms with Gasteiger partial charge in [0.1, 0.15) is 5.75 Å². The van der Waals surface area contributed by atoms with E-state index in [0.29, 0.717) is 24.8 Å². The van der Waals surface area contributed by atoms with Gasteiger partial charge in [-0.1, -0.05) is 42.5 Å². The third-order valence-corrected chi connectivity index (χ3v) is 5.29. The van der Waals surface area contributed by atoms with Crippen molar-refractivity contribution < 1.29 is 9.13 Å². The maximum Gasteiger partial charge on any atom is 0.119 e. The van der Waals surface area contributed by atoms with Gasteiger partial charge in [-0.25, -0.2) is 4.39 Å². The van der Waals surface area contributed by atoms with Crippen LogP contribution in [0.3, 0.4) is 0 Å². The highest BCUT2D eigenvalue weighted by Gasteiger charge is 2.21. The van der Waals surface area contributed by atoms with E-state index in [1.54, 1.807) is 6.08 Å². The van der Waals surface area contributed by atoms with Crippen LogP contribution in [-0.2, 0) is 0 Å². The molecular weight excluding hydrogens is 311 g/mol. The zero-order valence-electron chi connectivity index (χ0n) is 15.0. The molecule has 132 valence electrons. The molecule has 2 heteroatoms. The summed E-state index contributed by atoms with van der Waals surface area (Å²) in [4.78, 5) is 0. The van der Waals surface area contributed by atoms with Crippen molar-refractivity contribution in [3.63, 3.8) is 0 Å². The second-order valence-corrected chi connectivity index (χ2v) is 6.89. The summed E-state index contributed by atoms with van der Waals surface area (Å²) in [5, 5.41) is 0. The van der Waals surface area contributed by atoms with E-state index < -0.39 is 0 Å². The lowest BCUT2D eigenvalue weighted by atomic mass is 9.77. The third kappa shape index (κ3) is 4.72. The highest BCUT2D eigenvalue weighted by molar-refractivity contribution is 5.64. The van der Waals surface area contributed by atoms with Gasteiger partial charge in [0.2, 0.25) is 0 Å². The molecule has 1 saturated carbocycles. The van der Waals surface area contributed by atoms with Crippen molar-refractivity contribution in [2.45, 2.75) is 44.9 Å². The van der Waals surface area contributed by atoms with Crippen LogP contribution in [0.1, 0.15) is 50.5 Å². The van der Waals surface area contributed by atoms with Crippen LogP contribution in [-0.4, -0.2) is 6.61 Å². The summed E-state index contributed by atoms with van der Waals surface area (Å²) in [6.07, 6.45) is 8.08. The van der Waals surface area contributed by atoms with E-state index in [4.69, 9.17) is 4.74 Å². The monoisotopic (exact) mass is 338 g/mol. The Bertz CT molecular complexity index is 664. The molecule has 3 rings (SSSR count). The highest BCUT2D eigenvalue weighted by Crippen LogP contribution is 2.37. The van der Waals surface area contributed by atoms with Crippen LogP contribution in [0.25, 0.3) is 11.1 Å². The van der Waals surface area contributed by atoms with Gasteiger partial charge < -0.3 is 4.74 Å². The third-order valence-electron chi connectivity index (χ3n) is 5.29. The summed E-state index contributed by atoms with van der Waals surface area (Å²) in [6.45, 7) is 2.69. The summed E-state index contributed by atoms with van der Waals surface area (Å²) >= 11 is 0. The fraction of sp³-hybridized carbons (Fsp3) is 0.391. The van der Waals surface area contributed by atoms with Crippen LogP contribution in [0.15, 0.2) is 60.9 Å². The summed E-state index contributed by atoms with van der Waals surface area (Å²) in [5.41, 5.74) is 3.90. The van der Waals surface area contributed by atoms with E-state index >= 15 is 0 Å². The second kappa shape index (κ2) is 8.84. The number of benzene rings is 2. The largest absolute Gasteiger partial charge is 0.494 e. The molecule has 0 spiro atoms. The standard InChI is InChI=1S/C23H27FO/c1-2-25-23-15-13-22(14-16-23)21-11-9-20(10-12-21)19-7-5-18(6-8-19)4-3-17-24/h3,9-19H,2,4-8H2,1H3. The average molecular weight is 338 g/mol. The Morgan fingerprint density at radius 1 is 0.920 bits per heavy atom. The number of rotatable bonds is 6. The van der Waals surface area contributed by atoms with E-state index in [1.165, 1.54) is 42.4 Å². The van der Waals surface area contributed by atoms with Crippen molar-refractivity contribution in [2.24, 2.45) is 5.92 Å². The predicted octanol–water partition coefficient (Wildman–Crippen LogP) is 6.90. The smallest absolute Gasteiger partial charge is 0.119 e. The van der Waals surface area contributed by atoms with Crippen molar-refractivity contribution in [1.29, 1.82) is 0 Å².